The standard InChI is InChI=1S/C12H12N4O2/c1-3-18-12(17)9-6-14-11(16-8(9)2)10-4-5-13-7-15-10/h4-7H,3H2,1-2H3. The minimum Gasteiger partial charge on any atom is -0.462 e. The van der Waals surface area contributed by atoms with Crippen LogP contribution in [0.15, 0.2) is 24.8 Å². The van der Waals surface area contributed by atoms with Gasteiger partial charge in [-0.2, -0.15) is 0 Å². The highest BCUT2D eigenvalue weighted by atomic mass is 16.5. The molecule has 0 saturated heterocycles. The molecule has 6 nitrogen and oxygen atoms in total. The van der Waals surface area contributed by atoms with Crippen LogP contribution in [0.3, 0.4) is 0 Å². The van der Waals surface area contributed by atoms with E-state index in [4.69, 9.17) is 4.74 Å². The number of hydrogen-bond donors (Lipinski definition) is 0. The molecule has 0 spiro atoms. The summed E-state index contributed by atoms with van der Waals surface area (Å²) in [4.78, 5) is 27.8. The summed E-state index contributed by atoms with van der Waals surface area (Å²) in [6.45, 7) is 3.81. The minimum absolute atomic E-state index is 0.325. The van der Waals surface area contributed by atoms with Gasteiger partial charge in [-0.1, -0.05) is 0 Å². The Morgan fingerprint density at radius 1 is 1.39 bits per heavy atom. The molecule has 2 heterocycles. The Balaban J connectivity index is 2.34. The summed E-state index contributed by atoms with van der Waals surface area (Å²) in [5, 5.41) is 0. The van der Waals surface area contributed by atoms with Gasteiger partial charge in [0.25, 0.3) is 0 Å². The Morgan fingerprint density at radius 2 is 2.22 bits per heavy atom. The first-order valence-corrected chi connectivity index (χ1v) is 5.49. The van der Waals surface area contributed by atoms with E-state index in [2.05, 4.69) is 19.9 Å². The lowest BCUT2D eigenvalue weighted by molar-refractivity contribution is 0.0524. The number of carbonyl (C=O) groups is 1. The first-order valence-electron chi connectivity index (χ1n) is 5.49. The predicted octanol–water partition coefficient (Wildman–Crippen LogP) is 1.42. The number of rotatable bonds is 3. The molecule has 0 amide bonds. The summed E-state index contributed by atoms with van der Waals surface area (Å²) in [6, 6.07) is 1.71. The summed E-state index contributed by atoms with van der Waals surface area (Å²) < 4.78 is 4.91. The van der Waals surface area contributed by atoms with Gasteiger partial charge in [0.15, 0.2) is 5.82 Å². The van der Waals surface area contributed by atoms with Crippen LogP contribution < -0.4 is 0 Å². The molecule has 18 heavy (non-hydrogen) atoms. The highest BCUT2D eigenvalue weighted by Crippen LogP contribution is 2.13. The van der Waals surface area contributed by atoms with E-state index in [1.807, 2.05) is 0 Å². The Morgan fingerprint density at radius 3 is 2.83 bits per heavy atom. The van der Waals surface area contributed by atoms with Crippen molar-refractivity contribution in [1.29, 1.82) is 0 Å². The normalized spacial score (nSPS) is 10.1. The van der Waals surface area contributed by atoms with E-state index >= 15 is 0 Å². The fraction of sp³-hybridized carbons (Fsp3) is 0.250. The monoisotopic (exact) mass is 244 g/mol. The average Bonchev–Trinajstić information content (AvgIpc) is 2.40. The molecule has 0 aromatic carbocycles. The van der Waals surface area contributed by atoms with Gasteiger partial charge in [-0.25, -0.2) is 24.7 Å². The van der Waals surface area contributed by atoms with Crippen LogP contribution >= 0.6 is 0 Å². The third-order valence-corrected chi connectivity index (χ3v) is 2.29. The van der Waals surface area contributed by atoms with E-state index in [1.54, 1.807) is 26.1 Å². The smallest absolute Gasteiger partial charge is 0.341 e. The highest BCUT2D eigenvalue weighted by Gasteiger charge is 2.13. The van der Waals surface area contributed by atoms with Crippen LogP contribution in [0, 0.1) is 6.92 Å². The summed E-state index contributed by atoms with van der Waals surface area (Å²) in [7, 11) is 0. The van der Waals surface area contributed by atoms with Gasteiger partial charge in [-0.05, 0) is 19.9 Å². The lowest BCUT2D eigenvalue weighted by Gasteiger charge is -2.05. The summed E-state index contributed by atoms with van der Waals surface area (Å²) in [6.07, 6.45) is 4.49. The van der Waals surface area contributed by atoms with Gasteiger partial charge in [-0.15, -0.1) is 0 Å². The zero-order valence-electron chi connectivity index (χ0n) is 10.1. The summed E-state index contributed by atoms with van der Waals surface area (Å²) in [5.41, 5.74) is 1.55. The number of esters is 1. The van der Waals surface area contributed by atoms with Gasteiger partial charge in [0.1, 0.15) is 12.0 Å². The molecule has 0 aliphatic carbocycles. The zero-order chi connectivity index (χ0) is 13.0. The molecule has 92 valence electrons. The van der Waals surface area contributed by atoms with Crippen molar-refractivity contribution in [3.8, 4) is 11.5 Å². The molecule has 0 N–H and O–H groups in total. The number of nitrogens with zero attached hydrogens (tertiary/aromatic N) is 4. The van der Waals surface area contributed by atoms with E-state index in [0.717, 1.165) is 0 Å². The molecule has 6 heteroatoms. The molecule has 0 bridgehead atoms. The molecule has 0 saturated carbocycles. The second-order valence-electron chi connectivity index (χ2n) is 3.51. The Bertz CT molecular complexity index is 557. The third-order valence-electron chi connectivity index (χ3n) is 2.29. The summed E-state index contributed by atoms with van der Waals surface area (Å²) in [5.74, 6) is 0.0483. The van der Waals surface area contributed by atoms with Gasteiger partial charge in [0.2, 0.25) is 0 Å². The van der Waals surface area contributed by atoms with Crippen LogP contribution in [0.5, 0.6) is 0 Å². The van der Waals surface area contributed by atoms with Crippen molar-refractivity contribution >= 4 is 5.97 Å². The van der Waals surface area contributed by atoms with Gasteiger partial charge in [0.05, 0.1) is 17.9 Å². The maximum absolute atomic E-state index is 11.6. The van der Waals surface area contributed by atoms with Gasteiger partial charge in [0, 0.05) is 12.4 Å². The number of carbonyl (C=O) groups excluding carboxylic acids is 1. The Kier molecular flexibility index (Phi) is 3.57. The third kappa shape index (κ3) is 2.48. The van der Waals surface area contributed by atoms with Crippen molar-refractivity contribution in [2.75, 3.05) is 6.61 Å². The van der Waals surface area contributed by atoms with Crippen LogP contribution in [0.1, 0.15) is 23.0 Å². The Labute approximate surface area is 104 Å². The number of aryl methyl sites for hydroxylation is 1. The highest BCUT2D eigenvalue weighted by molar-refractivity contribution is 5.90. The van der Waals surface area contributed by atoms with E-state index in [1.165, 1.54) is 12.5 Å². The van der Waals surface area contributed by atoms with Crippen molar-refractivity contribution in [2.24, 2.45) is 0 Å². The van der Waals surface area contributed by atoms with Gasteiger partial charge in [-0.3, -0.25) is 0 Å². The molecule has 2 rings (SSSR count). The lowest BCUT2D eigenvalue weighted by Crippen LogP contribution is -2.09. The largest absolute Gasteiger partial charge is 0.462 e. The second-order valence-corrected chi connectivity index (χ2v) is 3.51. The van der Waals surface area contributed by atoms with Crippen molar-refractivity contribution in [1.82, 2.24) is 19.9 Å². The topological polar surface area (TPSA) is 77.9 Å². The lowest BCUT2D eigenvalue weighted by atomic mass is 10.2. The van der Waals surface area contributed by atoms with Crippen molar-refractivity contribution in [3.05, 3.63) is 36.0 Å². The minimum atomic E-state index is -0.413. The number of ether oxygens (including phenoxy) is 1. The molecule has 2 aromatic rings. The van der Waals surface area contributed by atoms with Gasteiger partial charge >= 0.3 is 5.97 Å². The molecule has 0 aliphatic heterocycles. The fourth-order valence-electron chi connectivity index (χ4n) is 1.42. The SMILES string of the molecule is CCOC(=O)c1cnc(-c2ccncn2)nc1C. The maximum Gasteiger partial charge on any atom is 0.341 e. The van der Waals surface area contributed by atoms with Gasteiger partial charge < -0.3 is 4.74 Å². The zero-order valence-corrected chi connectivity index (χ0v) is 10.1. The van der Waals surface area contributed by atoms with Crippen molar-refractivity contribution in [2.45, 2.75) is 13.8 Å². The predicted molar refractivity (Wildman–Crippen MR) is 63.8 cm³/mol. The quantitative estimate of drug-likeness (QED) is 0.760. The molecular formula is C12H12N4O2. The van der Waals surface area contributed by atoms with Crippen LogP contribution in [0.25, 0.3) is 11.5 Å². The first kappa shape index (κ1) is 12.1. The van der Waals surface area contributed by atoms with Crippen molar-refractivity contribution < 1.29 is 9.53 Å². The van der Waals surface area contributed by atoms with E-state index < -0.39 is 5.97 Å². The molecule has 2 aromatic heterocycles. The second kappa shape index (κ2) is 5.31. The fourth-order valence-corrected chi connectivity index (χ4v) is 1.42. The van der Waals surface area contributed by atoms with Crippen molar-refractivity contribution in [3.63, 3.8) is 0 Å². The first-order chi connectivity index (χ1) is 8.72. The number of hydrogen-bond acceptors (Lipinski definition) is 6. The van der Waals surface area contributed by atoms with E-state index in [-0.39, 0.29) is 0 Å². The van der Waals surface area contributed by atoms with Crippen LogP contribution in [0.2, 0.25) is 0 Å². The number of aromatic nitrogens is 4. The Hall–Kier alpha value is -2.37. The van der Waals surface area contributed by atoms with E-state index in [9.17, 15) is 4.79 Å². The van der Waals surface area contributed by atoms with Crippen LogP contribution in [-0.4, -0.2) is 32.5 Å². The molecular weight excluding hydrogens is 232 g/mol. The maximum atomic E-state index is 11.6. The average molecular weight is 244 g/mol. The van der Waals surface area contributed by atoms with Crippen LogP contribution in [-0.2, 0) is 4.74 Å². The summed E-state index contributed by atoms with van der Waals surface area (Å²) >= 11 is 0. The molecule has 0 radical (unpaired) electrons. The van der Waals surface area contributed by atoms with Crippen LogP contribution in [0.4, 0.5) is 0 Å². The molecule has 0 fully saturated rings. The molecule has 0 atom stereocenters. The molecule has 0 aliphatic rings. The molecule has 0 unspecified atom stereocenters. The van der Waals surface area contributed by atoms with E-state index in [0.29, 0.717) is 29.4 Å².